The molecule has 0 radical (unpaired) electrons. The van der Waals surface area contributed by atoms with Gasteiger partial charge in [-0.05, 0) is 54.1 Å². The van der Waals surface area contributed by atoms with E-state index in [1.165, 1.54) is 36.4 Å². The number of fused-ring (bicyclic) bond motifs is 1. The van der Waals surface area contributed by atoms with Gasteiger partial charge in [0.1, 0.15) is 5.69 Å². The molecule has 0 amide bonds. The van der Waals surface area contributed by atoms with Gasteiger partial charge in [0, 0.05) is 23.3 Å². The predicted octanol–water partition coefficient (Wildman–Crippen LogP) is 7.74. The molecule has 20 heteroatoms. The SMILES string of the molecule is Nc1c(C(=O)O)cccc1[N+](=O)[O-].O=C(Cl)c1cccc(C(F)(F)F)c1.O=c1oc(-c2cccc(C(F)(F)F)c2)nc2c([N+](=O)[O-])cccc12. The molecule has 0 saturated carbocycles. The number of carbonyl (C=O) groups excluding carboxylic acids is 1. The van der Waals surface area contributed by atoms with Gasteiger partial charge in [0.2, 0.25) is 5.89 Å². The van der Waals surface area contributed by atoms with Gasteiger partial charge < -0.3 is 15.3 Å². The lowest BCUT2D eigenvalue weighted by atomic mass is 10.1. The summed E-state index contributed by atoms with van der Waals surface area (Å²) in [6.07, 6.45) is -9.03. The molecule has 1 heterocycles. The Balaban J connectivity index is 0.000000221. The summed E-state index contributed by atoms with van der Waals surface area (Å²) in [6, 6.07) is 15.3. The van der Waals surface area contributed by atoms with Crippen molar-refractivity contribution in [2.45, 2.75) is 12.4 Å². The number of nitro groups is 2. The van der Waals surface area contributed by atoms with E-state index in [2.05, 4.69) is 4.98 Å². The van der Waals surface area contributed by atoms with Gasteiger partial charge in [-0.2, -0.15) is 26.3 Å². The molecular weight excluding hydrogens is 710 g/mol. The second-order valence-corrected chi connectivity index (χ2v) is 9.81. The molecule has 5 rings (SSSR count). The number of aromatic carboxylic acids is 1. The monoisotopic (exact) mass is 726 g/mol. The van der Waals surface area contributed by atoms with Crippen LogP contribution in [-0.2, 0) is 12.4 Å². The molecule has 0 unspecified atom stereocenters. The van der Waals surface area contributed by atoms with Gasteiger partial charge in [0.25, 0.3) is 16.6 Å². The fourth-order valence-electron chi connectivity index (χ4n) is 3.90. The van der Waals surface area contributed by atoms with Crippen molar-refractivity contribution < 1.29 is 55.3 Å². The minimum absolute atomic E-state index is 0.109. The van der Waals surface area contributed by atoms with Gasteiger partial charge in [0.15, 0.2) is 5.52 Å². The number of aromatic nitrogens is 1. The second-order valence-electron chi connectivity index (χ2n) is 9.47. The first-order chi connectivity index (χ1) is 23.2. The molecule has 0 atom stereocenters. The number of nitrogens with two attached hydrogens (primary N) is 1. The Kier molecular flexibility index (Phi) is 11.6. The number of para-hydroxylation sites is 2. The Hall–Kier alpha value is -6.37. The highest BCUT2D eigenvalue weighted by molar-refractivity contribution is 6.67. The van der Waals surface area contributed by atoms with Crippen molar-refractivity contribution in [2.24, 2.45) is 0 Å². The van der Waals surface area contributed by atoms with E-state index in [-0.39, 0.29) is 39.0 Å². The summed E-state index contributed by atoms with van der Waals surface area (Å²) in [7, 11) is 0. The van der Waals surface area contributed by atoms with Gasteiger partial charge in [-0.25, -0.2) is 14.6 Å². The molecule has 0 aliphatic heterocycles. The van der Waals surface area contributed by atoms with Crippen LogP contribution in [-0.4, -0.2) is 31.1 Å². The van der Waals surface area contributed by atoms with E-state index in [0.717, 1.165) is 48.5 Å². The second kappa shape index (κ2) is 15.2. The standard InChI is InChI=1S/C15H7F3N2O4.C8H4ClF3O.C7H6N2O4/c16-15(17,18)9-4-1-3-8(7-9)13-19-12-10(14(21)24-13)5-2-6-11(12)20(22)23;9-7(13)5-2-1-3-6(4-5)8(10,11)12;8-6-4(7(10)11)2-1-3-5(6)9(12)13/h1-7H;1-4H;1-3H,8H2,(H,10,11). The first-order valence-electron chi connectivity index (χ1n) is 13.1. The van der Waals surface area contributed by atoms with E-state index in [4.69, 9.17) is 26.9 Å². The minimum Gasteiger partial charge on any atom is -0.478 e. The minimum atomic E-state index is -4.58. The Labute approximate surface area is 278 Å². The molecule has 4 aromatic carbocycles. The largest absolute Gasteiger partial charge is 0.478 e. The average Bonchev–Trinajstić information content (AvgIpc) is 3.04. The normalized spacial score (nSPS) is 11.0. The number of nitrogen functional groups attached to an aromatic ring is 1. The van der Waals surface area contributed by atoms with Crippen molar-refractivity contribution in [1.82, 2.24) is 4.98 Å². The lowest BCUT2D eigenvalue weighted by Crippen LogP contribution is -2.07. The summed E-state index contributed by atoms with van der Waals surface area (Å²) < 4.78 is 79.5. The zero-order valence-electron chi connectivity index (χ0n) is 24.4. The van der Waals surface area contributed by atoms with E-state index < -0.39 is 61.7 Å². The molecule has 0 aliphatic carbocycles. The summed E-state index contributed by atoms with van der Waals surface area (Å²) >= 11 is 5.02. The van der Waals surface area contributed by atoms with Crippen molar-refractivity contribution in [2.75, 3.05) is 5.73 Å². The third kappa shape index (κ3) is 9.37. The fraction of sp³-hybridized carbons (Fsp3) is 0.0667. The molecule has 5 aromatic rings. The van der Waals surface area contributed by atoms with Crippen LogP contribution in [0.1, 0.15) is 31.8 Å². The number of benzene rings is 4. The molecule has 260 valence electrons. The topological polar surface area (TPSA) is 210 Å². The molecule has 1 aromatic heterocycles. The van der Waals surface area contributed by atoms with Crippen LogP contribution in [0.2, 0.25) is 0 Å². The van der Waals surface area contributed by atoms with Crippen molar-refractivity contribution in [3.05, 3.63) is 138 Å². The molecule has 0 bridgehead atoms. The van der Waals surface area contributed by atoms with Crippen molar-refractivity contribution >= 4 is 50.8 Å². The zero-order chi connectivity index (χ0) is 37.6. The first kappa shape index (κ1) is 38.1. The molecule has 0 fully saturated rings. The highest BCUT2D eigenvalue weighted by Gasteiger charge is 2.32. The smallest absolute Gasteiger partial charge is 0.416 e. The number of non-ortho nitro benzene ring substituents is 1. The maximum Gasteiger partial charge on any atom is 0.416 e. The molecule has 0 aliphatic rings. The van der Waals surface area contributed by atoms with Crippen LogP contribution >= 0.6 is 11.6 Å². The van der Waals surface area contributed by atoms with Crippen LogP contribution in [0.5, 0.6) is 0 Å². The number of carboxylic acid groups (broad SMARTS) is 1. The molecule has 13 nitrogen and oxygen atoms in total. The van der Waals surface area contributed by atoms with Gasteiger partial charge in [-0.3, -0.25) is 25.0 Å². The molecule has 3 N–H and O–H groups in total. The quantitative estimate of drug-likeness (QED) is 0.0588. The Bertz CT molecular complexity index is 2140. The van der Waals surface area contributed by atoms with Gasteiger partial charge in [-0.15, -0.1) is 0 Å². The Morgan fingerprint density at radius 3 is 1.86 bits per heavy atom. The van der Waals surface area contributed by atoms with E-state index in [1.54, 1.807) is 0 Å². The predicted molar refractivity (Wildman–Crippen MR) is 163 cm³/mol. The Morgan fingerprint density at radius 1 is 0.800 bits per heavy atom. The number of nitro benzene ring substituents is 2. The Morgan fingerprint density at radius 2 is 1.32 bits per heavy atom. The maximum absolute atomic E-state index is 12.8. The average molecular weight is 727 g/mol. The number of rotatable bonds is 5. The molecule has 0 saturated heterocycles. The number of hydrogen-bond acceptors (Lipinski definition) is 10. The molecule has 0 spiro atoms. The van der Waals surface area contributed by atoms with Crippen LogP contribution < -0.4 is 11.4 Å². The first-order valence-corrected chi connectivity index (χ1v) is 13.5. The van der Waals surface area contributed by atoms with Gasteiger partial charge in [-0.1, -0.05) is 30.3 Å². The van der Waals surface area contributed by atoms with Crippen LogP contribution in [0.25, 0.3) is 22.4 Å². The number of hydrogen-bond donors (Lipinski definition) is 2. The van der Waals surface area contributed by atoms with E-state index in [1.807, 2.05) is 0 Å². The van der Waals surface area contributed by atoms with Crippen LogP contribution in [0.4, 0.5) is 43.4 Å². The summed E-state index contributed by atoms with van der Waals surface area (Å²) in [6.45, 7) is 0. The third-order valence-electron chi connectivity index (χ3n) is 6.20. The summed E-state index contributed by atoms with van der Waals surface area (Å²) in [5.74, 6) is -1.70. The van der Waals surface area contributed by atoms with Crippen molar-refractivity contribution in [1.29, 1.82) is 0 Å². The molecular formula is C30H17ClF6N4O9. The van der Waals surface area contributed by atoms with Gasteiger partial charge >= 0.3 is 23.9 Å². The number of anilines is 1. The summed E-state index contributed by atoms with van der Waals surface area (Å²) in [5, 5.41) is 28.9. The van der Waals surface area contributed by atoms with E-state index >= 15 is 0 Å². The zero-order valence-corrected chi connectivity index (χ0v) is 25.1. The number of alkyl halides is 6. The van der Waals surface area contributed by atoms with Crippen LogP contribution in [0.15, 0.2) is 94.1 Å². The lowest BCUT2D eigenvalue weighted by molar-refractivity contribution is -0.383. The van der Waals surface area contributed by atoms with Gasteiger partial charge in [0.05, 0.1) is 31.9 Å². The lowest BCUT2D eigenvalue weighted by Gasteiger charge is -2.08. The van der Waals surface area contributed by atoms with Crippen LogP contribution in [0, 0.1) is 20.2 Å². The number of carboxylic acids is 1. The number of halogens is 7. The fourth-order valence-corrected chi connectivity index (χ4v) is 4.01. The molecule has 50 heavy (non-hydrogen) atoms. The van der Waals surface area contributed by atoms with E-state index in [9.17, 15) is 61.0 Å². The highest BCUT2D eigenvalue weighted by atomic mass is 35.5. The number of carbonyl (C=O) groups is 2. The van der Waals surface area contributed by atoms with E-state index in [0.29, 0.717) is 0 Å². The van der Waals surface area contributed by atoms with Crippen molar-refractivity contribution in [3.63, 3.8) is 0 Å². The number of nitrogens with zero attached hydrogens (tertiary/aromatic N) is 3. The summed E-state index contributed by atoms with van der Waals surface area (Å²) in [4.78, 5) is 56.8. The third-order valence-corrected chi connectivity index (χ3v) is 6.42. The van der Waals surface area contributed by atoms with Crippen molar-refractivity contribution in [3.8, 4) is 11.5 Å². The maximum atomic E-state index is 12.8. The highest BCUT2D eigenvalue weighted by Crippen LogP contribution is 2.33. The van der Waals surface area contributed by atoms with Crippen LogP contribution in [0.3, 0.4) is 0 Å². The summed E-state index contributed by atoms with van der Waals surface area (Å²) in [5.41, 5.74) is 0.605.